The molecule has 1 saturated carbocycles. The summed E-state index contributed by atoms with van der Waals surface area (Å²) < 4.78 is 0. The molecular weight excluding hydrogens is 166 g/mol. The van der Waals surface area contributed by atoms with Crippen LogP contribution in [0.15, 0.2) is 12.4 Å². The van der Waals surface area contributed by atoms with Gasteiger partial charge in [0.05, 0.1) is 12.1 Å². The number of rotatable bonds is 3. The Balaban J connectivity index is 2.09. The van der Waals surface area contributed by atoms with Crippen LogP contribution in [0.3, 0.4) is 0 Å². The number of aromatic nitrogens is 2. The first-order valence-electron chi connectivity index (χ1n) is 4.42. The lowest BCUT2D eigenvalue weighted by molar-refractivity contribution is 0.266. The Kier molecular flexibility index (Phi) is 1.92. The summed E-state index contributed by atoms with van der Waals surface area (Å²) in [4.78, 5) is 8.08. The smallest absolute Gasteiger partial charge is 0.130 e. The molecule has 1 aromatic rings. The minimum atomic E-state index is -0.0964. The highest BCUT2D eigenvalue weighted by Crippen LogP contribution is 2.37. The summed E-state index contributed by atoms with van der Waals surface area (Å²) in [6.45, 7) is 2.10. The van der Waals surface area contributed by atoms with Crippen LogP contribution in [0.5, 0.6) is 0 Å². The van der Waals surface area contributed by atoms with Gasteiger partial charge in [0.1, 0.15) is 12.1 Å². The Labute approximate surface area is 77.0 Å². The number of hydrogen-bond acceptors (Lipinski definition) is 4. The van der Waals surface area contributed by atoms with Gasteiger partial charge in [-0.3, -0.25) is 0 Å². The number of nitrogens with zero attached hydrogens (tertiary/aromatic N) is 2. The second-order valence-corrected chi connectivity index (χ2v) is 3.61. The molecule has 4 heteroatoms. The number of nitrogens with one attached hydrogen (secondary N) is 1. The third-order valence-electron chi connectivity index (χ3n) is 2.35. The molecule has 1 aliphatic rings. The van der Waals surface area contributed by atoms with Crippen molar-refractivity contribution in [1.29, 1.82) is 0 Å². The molecule has 0 unspecified atom stereocenters. The first kappa shape index (κ1) is 8.44. The third kappa shape index (κ3) is 1.78. The van der Waals surface area contributed by atoms with E-state index in [-0.39, 0.29) is 12.1 Å². The van der Waals surface area contributed by atoms with Crippen LogP contribution in [0.4, 0.5) is 5.82 Å². The van der Waals surface area contributed by atoms with Gasteiger partial charge in [0.2, 0.25) is 0 Å². The van der Waals surface area contributed by atoms with Crippen LogP contribution < -0.4 is 5.32 Å². The van der Waals surface area contributed by atoms with Crippen LogP contribution in [-0.4, -0.2) is 27.2 Å². The maximum Gasteiger partial charge on any atom is 0.130 e. The van der Waals surface area contributed by atoms with Crippen molar-refractivity contribution in [3.8, 4) is 0 Å². The highest BCUT2D eigenvalue weighted by Gasteiger charge is 2.42. The fourth-order valence-corrected chi connectivity index (χ4v) is 1.27. The summed E-state index contributed by atoms with van der Waals surface area (Å²) in [6, 6.07) is 1.88. The summed E-state index contributed by atoms with van der Waals surface area (Å²) in [7, 11) is 0. The normalized spacial score (nSPS) is 18.3. The fraction of sp³-hybridized carbons (Fsp3) is 0.556. The Bertz CT molecular complexity index is 309. The summed E-state index contributed by atoms with van der Waals surface area (Å²) >= 11 is 0. The molecule has 0 atom stereocenters. The topological polar surface area (TPSA) is 58.0 Å². The zero-order chi connectivity index (χ0) is 9.31. The van der Waals surface area contributed by atoms with E-state index in [1.165, 1.54) is 6.33 Å². The van der Waals surface area contributed by atoms with Crippen molar-refractivity contribution in [1.82, 2.24) is 9.97 Å². The van der Waals surface area contributed by atoms with Gasteiger partial charge >= 0.3 is 0 Å². The molecule has 0 saturated heterocycles. The number of anilines is 1. The summed E-state index contributed by atoms with van der Waals surface area (Å²) in [5.74, 6) is 0.805. The van der Waals surface area contributed by atoms with Crippen molar-refractivity contribution >= 4 is 5.82 Å². The van der Waals surface area contributed by atoms with Gasteiger partial charge < -0.3 is 10.4 Å². The second kappa shape index (κ2) is 2.96. The SMILES string of the molecule is Cc1cc(NC2(CO)CC2)ncn1. The molecule has 4 nitrogen and oxygen atoms in total. The molecule has 0 radical (unpaired) electrons. The molecule has 70 valence electrons. The summed E-state index contributed by atoms with van der Waals surface area (Å²) in [6.07, 6.45) is 3.57. The zero-order valence-electron chi connectivity index (χ0n) is 7.62. The Morgan fingerprint density at radius 3 is 2.85 bits per heavy atom. The van der Waals surface area contributed by atoms with Gasteiger partial charge in [0.15, 0.2) is 0 Å². The van der Waals surface area contributed by atoms with Crippen LogP contribution >= 0.6 is 0 Å². The van der Waals surface area contributed by atoms with Gasteiger partial charge in [-0.1, -0.05) is 0 Å². The van der Waals surface area contributed by atoms with Crippen molar-refractivity contribution in [2.45, 2.75) is 25.3 Å². The predicted octanol–water partition coefficient (Wildman–Crippen LogP) is 0.722. The van der Waals surface area contributed by atoms with E-state index >= 15 is 0 Å². The molecule has 1 aliphatic carbocycles. The molecule has 1 fully saturated rings. The van der Waals surface area contributed by atoms with Gasteiger partial charge in [-0.2, -0.15) is 0 Å². The first-order chi connectivity index (χ1) is 6.24. The number of aliphatic hydroxyl groups is 1. The van der Waals surface area contributed by atoms with E-state index in [4.69, 9.17) is 5.11 Å². The quantitative estimate of drug-likeness (QED) is 0.718. The largest absolute Gasteiger partial charge is 0.394 e. The Hall–Kier alpha value is -1.16. The van der Waals surface area contributed by atoms with Crippen LogP contribution in [0.1, 0.15) is 18.5 Å². The van der Waals surface area contributed by atoms with Crippen molar-refractivity contribution < 1.29 is 5.11 Å². The van der Waals surface area contributed by atoms with E-state index in [2.05, 4.69) is 15.3 Å². The lowest BCUT2D eigenvalue weighted by atomic mass is 10.3. The second-order valence-electron chi connectivity index (χ2n) is 3.61. The lowest BCUT2D eigenvalue weighted by Gasteiger charge is -2.14. The van der Waals surface area contributed by atoms with Crippen molar-refractivity contribution in [3.63, 3.8) is 0 Å². The highest BCUT2D eigenvalue weighted by molar-refractivity contribution is 5.40. The van der Waals surface area contributed by atoms with Gasteiger partial charge in [-0.05, 0) is 19.8 Å². The molecule has 0 aliphatic heterocycles. The van der Waals surface area contributed by atoms with Crippen LogP contribution in [0.25, 0.3) is 0 Å². The number of aryl methyl sites for hydroxylation is 1. The van der Waals surface area contributed by atoms with E-state index < -0.39 is 0 Å². The molecule has 0 aromatic carbocycles. The van der Waals surface area contributed by atoms with Crippen LogP contribution in [0, 0.1) is 6.92 Å². The average molecular weight is 179 g/mol. The predicted molar refractivity (Wildman–Crippen MR) is 49.4 cm³/mol. The zero-order valence-corrected chi connectivity index (χ0v) is 7.62. The minimum absolute atomic E-state index is 0.0964. The molecular formula is C9H13N3O. The molecule has 2 N–H and O–H groups in total. The maximum atomic E-state index is 9.08. The van der Waals surface area contributed by atoms with E-state index in [9.17, 15) is 0 Å². The number of hydrogen-bond donors (Lipinski definition) is 2. The lowest BCUT2D eigenvalue weighted by Crippen LogP contribution is -2.26. The highest BCUT2D eigenvalue weighted by atomic mass is 16.3. The monoisotopic (exact) mass is 179 g/mol. The molecule has 0 spiro atoms. The third-order valence-corrected chi connectivity index (χ3v) is 2.35. The number of aliphatic hydroxyl groups excluding tert-OH is 1. The average Bonchev–Trinajstić information content (AvgIpc) is 2.86. The van der Waals surface area contributed by atoms with Crippen LogP contribution in [-0.2, 0) is 0 Å². The fourth-order valence-electron chi connectivity index (χ4n) is 1.27. The standard InChI is InChI=1S/C9H13N3O/c1-7-4-8(11-6-10-7)12-9(5-13)2-3-9/h4,6,13H,2-3,5H2,1H3,(H,10,11,12). The molecule has 1 heterocycles. The van der Waals surface area contributed by atoms with Crippen LogP contribution in [0.2, 0.25) is 0 Å². The van der Waals surface area contributed by atoms with Crippen molar-refractivity contribution in [2.24, 2.45) is 0 Å². The maximum absolute atomic E-state index is 9.08. The summed E-state index contributed by atoms with van der Waals surface area (Å²) in [5.41, 5.74) is 0.840. The van der Waals surface area contributed by atoms with E-state index in [0.29, 0.717) is 0 Å². The first-order valence-corrected chi connectivity index (χ1v) is 4.42. The van der Waals surface area contributed by atoms with E-state index in [1.807, 2.05) is 13.0 Å². The van der Waals surface area contributed by atoms with Gasteiger partial charge in [0.25, 0.3) is 0 Å². The van der Waals surface area contributed by atoms with E-state index in [0.717, 1.165) is 24.4 Å². The minimum Gasteiger partial charge on any atom is -0.394 e. The molecule has 2 rings (SSSR count). The van der Waals surface area contributed by atoms with Gasteiger partial charge in [-0.15, -0.1) is 0 Å². The van der Waals surface area contributed by atoms with Gasteiger partial charge in [0, 0.05) is 11.8 Å². The van der Waals surface area contributed by atoms with Crippen molar-refractivity contribution in [2.75, 3.05) is 11.9 Å². The van der Waals surface area contributed by atoms with E-state index in [1.54, 1.807) is 0 Å². The molecule has 0 amide bonds. The van der Waals surface area contributed by atoms with Gasteiger partial charge in [-0.25, -0.2) is 9.97 Å². The molecule has 13 heavy (non-hydrogen) atoms. The molecule has 1 aromatic heterocycles. The van der Waals surface area contributed by atoms with Crippen molar-refractivity contribution in [3.05, 3.63) is 18.1 Å². The summed E-state index contributed by atoms with van der Waals surface area (Å²) in [5, 5.41) is 12.3. The molecule has 0 bridgehead atoms. The Morgan fingerprint density at radius 1 is 1.54 bits per heavy atom. The Morgan fingerprint density at radius 2 is 2.31 bits per heavy atom.